The maximum Gasteiger partial charge on any atom is 0.281 e. The van der Waals surface area contributed by atoms with Gasteiger partial charge in [0.05, 0.1) is 18.2 Å². The van der Waals surface area contributed by atoms with Gasteiger partial charge in [0.15, 0.2) is 0 Å². The second kappa shape index (κ2) is 9.61. The summed E-state index contributed by atoms with van der Waals surface area (Å²) in [5.41, 5.74) is 4.22. The minimum Gasteiger partial charge on any atom is -0.507 e. The average Bonchev–Trinajstić information content (AvgIpc) is 2.66. The molecule has 0 radical (unpaired) electrons. The summed E-state index contributed by atoms with van der Waals surface area (Å²) in [6.07, 6.45) is 3.46. The van der Waals surface area contributed by atoms with E-state index < -0.39 is 5.91 Å². The molecule has 0 saturated heterocycles. The first-order chi connectivity index (χ1) is 13.7. The molecule has 2 aromatic rings. The first-order valence-corrected chi connectivity index (χ1v) is 9.89. The highest BCUT2D eigenvalue weighted by atomic mass is 16.7. The molecule has 156 valence electrons. The minimum atomic E-state index is -0.456. The second-order valence-electron chi connectivity index (χ2n) is 7.43. The summed E-state index contributed by atoms with van der Waals surface area (Å²) in [5, 5.41) is 23.1. The van der Waals surface area contributed by atoms with E-state index in [9.17, 15) is 15.0 Å². The van der Waals surface area contributed by atoms with Gasteiger partial charge in [-0.2, -0.15) is 0 Å². The zero-order valence-corrected chi connectivity index (χ0v) is 18.0. The van der Waals surface area contributed by atoms with Gasteiger partial charge in [0, 0.05) is 7.05 Å². The molecule has 29 heavy (non-hydrogen) atoms. The Hall–Kier alpha value is -2.79. The van der Waals surface area contributed by atoms with E-state index in [2.05, 4.69) is 13.5 Å². The fourth-order valence-corrected chi connectivity index (χ4v) is 3.45. The number of aryl methyl sites for hydroxylation is 2. The number of carbonyl (C=O) groups excluding carboxylic acids is 1. The molecule has 0 fully saturated rings. The van der Waals surface area contributed by atoms with Crippen LogP contribution in [0.2, 0.25) is 0 Å². The van der Waals surface area contributed by atoms with Crippen LogP contribution in [0.1, 0.15) is 60.2 Å². The summed E-state index contributed by atoms with van der Waals surface area (Å²) in [4.78, 5) is 18.0. The molecular formula is C24H31NO4. The number of nitrogens with zero attached hydrogens (tertiary/aromatic N) is 1. The number of hydrogen-bond acceptors (Lipinski definition) is 4. The molecule has 2 rings (SSSR count). The standard InChI is InChI=1S/C24H31NO4/c1-7-8-9-10-17-14-20(26)22(23(27)21(17)24(28)25(5)29-6)19-13-16(4)11-12-18(19)15(2)3/h11-14,26-27H,2,7-10H2,1,3-6H3. The number of carbonyl (C=O) groups is 1. The van der Waals surface area contributed by atoms with Crippen molar-refractivity contribution in [2.24, 2.45) is 0 Å². The SMILES string of the molecule is C=C(C)c1ccc(C)cc1-c1c(O)cc(CCCCC)c(C(=O)N(C)OC)c1O. The number of hydroxylamine groups is 2. The predicted molar refractivity (Wildman–Crippen MR) is 117 cm³/mol. The lowest BCUT2D eigenvalue weighted by atomic mass is 9.89. The van der Waals surface area contributed by atoms with Crippen LogP contribution in [-0.2, 0) is 11.3 Å². The van der Waals surface area contributed by atoms with Gasteiger partial charge in [0.2, 0.25) is 0 Å². The van der Waals surface area contributed by atoms with E-state index >= 15 is 0 Å². The average molecular weight is 398 g/mol. The van der Waals surface area contributed by atoms with E-state index in [1.807, 2.05) is 32.0 Å². The molecule has 5 heteroatoms. The van der Waals surface area contributed by atoms with Crippen LogP contribution in [0.3, 0.4) is 0 Å². The van der Waals surface area contributed by atoms with Crippen molar-refractivity contribution >= 4 is 11.5 Å². The Balaban J connectivity index is 2.77. The number of unbranched alkanes of at least 4 members (excludes halogenated alkanes) is 2. The Bertz CT molecular complexity index is 918. The van der Waals surface area contributed by atoms with Gasteiger partial charge in [-0.25, -0.2) is 5.06 Å². The minimum absolute atomic E-state index is 0.0567. The second-order valence-corrected chi connectivity index (χ2v) is 7.43. The van der Waals surface area contributed by atoms with Gasteiger partial charge in [-0.05, 0) is 49.4 Å². The van der Waals surface area contributed by atoms with E-state index in [0.29, 0.717) is 17.5 Å². The molecule has 0 aromatic heterocycles. The van der Waals surface area contributed by atoms with Crippen LogP contribution in [-0.4, -0.2) is 35.3 Å². The van der Waals surface area contributed by atoms with E-state index in [1.165, 1.54) is 14.2 Å². The molecule has 1 amide bonds. The maximum absolute atomic E-state index is 13.0. The Labute approximate surface area is 173 Å². The highest BCUT2D eigenvalue weighted by molar-refractivity contribution is 6.02. The van der Waals surface area contributed by atoms with Crippen molar-refractivity contribution in [1.82, 2.24) is 5.06 Å². The molecular weight excluding hydrogens is 366 g/mol. The highest BCUT2D eigenvalue weighted by Gasteiger charge is 2.27. The van der Waals surface area contributed by atoms with Gasteiger partial charge in [0.1, 0.15) is 11.5 Å². The van der Waals surface area contributed by atoms with Gasteiger partial charge < -0.3 is 10.2 Å². The Kier molecular flexibility index (Phi) is 7.46. The third-order valence-electron chi connectivity index (χ3n) is 5.09. The molecule has 2 aromatic carbocycles. The van der Waals surface area contributed by atoms with Crippen molar-refractivity contribution in [1.29, 1.82) is 0 Å². The molecule has 0 aliphatic rings. The summed E-state index contributed by atoms with van der Waals surface area (Å²) in [6, 6.07) is 7.32. The molecule has 0 saturated carbocycles. The molecule has 2 N–H and O–H groups in total. The normalized spacial score (nSPS) is 10.8. The van der Waals surface area contributed by atoms with Crippen LogP contribution in [0.15, 0.2) is 30.8 Å². The predicted octanol–water partition coefficient (Wildman–Crippen LogP) is 5.47. The van der Waals surface area contributed by atoms with Crippen LogP contribution in [0, 0.1) is 6.92 Å². The number of rotatable bonds is 8. The third-order valence-corrected chi connectivity index (χ3v) is 5.09. The smallest absolute Gasteiger partial charge is 0.281 e. The fraction of sp³-hybridized carbons (Fsp3) is 0.375. The highest BCUT2D eigenvalue weighted by Crippen LogP contribution is 2.45. The Morgan fingerprint density at radius 1 is 1.21 bits per heavy atom. The largest absolute Gasteiger partial charge is 0.507 e. The molecule has 0 unspecified atom stereocenters. The molecule has 0 atom stereocenters. The van der Waals surface area contributed by atoms with E-state index in [0.717, 1.165) is 41.0 Å². The summed E-state index contributed by atoms with van der Waals surface area (Å²) in [6.45, 7) is 9.91. The lowest BCUT2D eigenvalue weighted by Crippen LogP contribution is -2.26. The van der Waals surface area contributed by atoms with Gasteiger partial charge in [-0.15, -0.1) is 0 Å². The van der Waals surface area contributed by atoms with Gasteiger partial charge in [0.25, 0.3) is 5.91 Å². The van der Waals surface area contributed by atoms with Gasteiger partial charge >= 0.3 is 0 Å². The molecule has 0 aliphatic heterocycles. The van der Waals surface area contributed by atoms with Crippen LogP contribution in [0.5, 0.6) is 11.5 Å². The van der Waals surface area contributed by atoms with Crippen LogP contribution in [0.4, 0.5) is 0 Å². The zero-order chi connectivity index (χ0) is 21.7. The summed E-state index contributed by atoms with van der Waals surface area (Å²) in [7, 11) is 2.89. The van der Waals surface area contributed by atoms with Crippen molar-refractivity contribution in [3.05, 3.63) is 53.1 Å². The van der Waals surface area contributed by atoms with Crippen LogP contribution in [0.25, 0.3) is 16.7 Å². The fourth-order valence-electron chi connectivity index (χ4n) is 3.45. The number of phenols is 2. The number of amides is 1. The molecule has 0 spiro atoms. The molecule has 0 aliphatic carbocycles. The van der Waals surface area contributed by atoms with E-state index in [1.54, 1.807) is 6.07 Å². The summed E-state index contributed by atoms with van der Waals surface area (Å²) in [5.74, 6) is -0.750. The van der Waals surface area contributed by atoms with Crippen molar-refractivity contribution in [2.75, 3.05) is 14.2 Å². The molecule has 0 heterocycles. The first-order valence-electron chi connectivity index (χ1n) is 9.89. The van der Waals surface area contributed by atoms with Crippen molar-refractivity contribution in [2.45, 2.75) is 46.5 Å². The summed E-state index contributed by atoms with van der Waals surface area (Å²) >= 11 is 0. The van der Waals surface area contributed by atoms with Crippen LogP contribution < -0.4 is 0 Å². The topological polar surface area (TPSA) is 70.0 Å². The number of phenolic OH excluding ortho intramolecular Hbond substituents is 2. The quantitative estimate of drug-likeness (QED) is 0.458. The van der Waals surface area contributed by atoms with Gasteiger partial charge in [-0.1, -0.05) is 55.7 Å². The molecule has 0 bridgehead atoms. The zero-order valence-electron chi connectivity index (χ0n) is 18.0. The number of hydrogen-bond donors (Lipinski definition) is 2. The Morgan fingerprint density at radius 2 is 1.90 bits per heavy atom. The molecule has 5 nitrogen and oxygen atoms in total. The maximum atomic E-state index is 13.0. The number of allylic oxidation sites excluding steroid dienone is 1. The van der Waals surface area contributed by atoms with E-state index in [-0.39, 0.29) is 22.6 Å². The van der Waals surface area contributed by atoms with Crippen molar-refractivity contribution in [3.63, 3.8) is 0 Å². The van der Waals surface area contributed by atoms with Crippen LogP contribution >= 0.6 is 0 Å². The first kappa shape index (κ1) is 22.5. The van der Waals surface area contributed by atoms with E-state index in [4.69, 9.17) is 4.84 Å². The monoisotopic (exact) mass is 397 g/mol. The third kappa shape index (κ3) is 4.80. The summed E-state index contributed by atoms with van der Waals surface area (Å²) < 4.78 is 0. The van der Waals surface area contributed by atoms with Gasteiger partial charge in [-0.3, -0.25) is 9.63 Å². The van der Waals surface area contributed by atoms with Crippen molar-refractivity contribution in [3.8, 4) is 22.6 Å². The number of benzene rings is 2. The Morgan fingerprint density at radius 3 is 2.48 bits per heavy atom. The van der Waals surface area contributed by atoms with Crippen molar-refractivity contribution < 1.29 is 19.8 Å². The number of aromatic hydroxyl groups is 2. The lowest BCUT2D eigenvalue weighted by molar-refractivity contribution is -0.0759. The lowest BCUT2D eigenvalue weighted by Gasteiger charge is -2.21.